The molecule has 0 aromatic heterocycles. The fourth-order valence-corrected chi connectivity index (χ4v) is 3.22. The highest BCUT2D eigenvalue weighted by Crippen LogP contribution is 2.18. The predicted molar refractivity (Wildman–Crippen MR) is 88.7 cm³/mol. The van der Waals surface area contributed by atoms with Gasteiger partial charge in [0.2, 0.25) is 5.91 Å². The first-order chi connectivity index (χ1) is 9.15. The van der Waals surface area contributed by atoms with Crippen molar-refractivity contribution in [1.82, 2.24) is 5.32 Å². The summed E-state index contributed by atoms with van der Waals surface area (Å²) in [5, 5.41) is 3.09. The number of carbonyl (C=O) groups excluding carboxylic acids is 1. The summed E-state index contributed by atoms with van der Waals surface area (Å²) in [7, 11) is 0. The lowest BCUT2D eigenvalue weighted by Gasteiger charge is -2.31. The topological polar surface area (TPSA) is 64.3 Å². The average Bonchev–Trinajstić information content (AvgIpc) is 2.46. The van der Waals surface area contributed by atoms with E-state index in [1.54, 1.807) is 11.8 Å². The van der Waals surface area contributed by atoms with E-state index < -0.39 is 0 Å². The third-order valence-corrected chi connectivity index (χ3v) is 5.03. The number of rotatable bonds is 8. The van der Waals surface area contributed by atoms with Crippen molar-refractivity contribution in [3.05, 3.63) is 0 Å². The van der Waals surface area contributed by atoms with Gasteiger partial charge in [0.1, 0.15) is 0 Å². The van der Waals surface area contributed by atoms with Crippen molar-refractivity contribution in [1.29, 1.82) is 0 Å². The minimum Gasteiger partial charge on any atom is -0.377 e. The second-order valence-corrected chi connectivity index (χ2v) is 6.27. The van der Waals surface area contributed by atoms with E-state index in [1.165, 1.54) is 12.8 Å². The summed E-state index contributed by atoms with van der Waals surface area (Å²) in [5.74, 6) is 1.51. The maximum atomic E-state index is 11.9. The number of nitrogens with one attached hydrogen (secondary N) is 1. The predicted octanol–water partition coefficient (Wildman–Crippen LogP) is 2.34. The fraction of sp³-hybridized carbons (Fsp3) is 0.929. The average molecular weight is 325 g/mol. The molecule has 1 amide bonds. The van der Waals surface area contributed by atoms with Gasteiger partial charge in [0, 0.05) is 18.9 Å². The fourth-order valence-electron chi connectivity index (χ4n) is 2.32. The molecule has 1 aliphatic rings. The van der Waals surface area contributed by atoms with Gasteiger partial charge < -0.3 is 15.8 Å². The summed E-state index contributed by atoms with van der Waals surface area (Å²) in [6.07, 6.45) is 5.64. The Kier molecular flexibility index (Phi) is 10.7. The van der Waals surface area contributed by atoms with Gasteiger partial charge in [-0.05, 0) is 32.1 Å². The van der Waals surface area contributed by atoms with Crippen LogP contribution in [0.5, 0.6) is 0 Å². The highest BCUT2D eigenvalue weighted by atomic mass is 35.5. The van der Waals surface area contributed by atoms with Crippen LogP contribution in [0.3, 0.4) is 0 Å². The van der Waals surface area contributed by atoms with Crippen molar-refractivity contribution in [3.63, 3.8) is 0 Å². The molecule has 0 aromatic rings. The summed E-state index contributed by atoms with van der Waals surface area (Å²) in [6.45, 7) is 5.51. The molecule has 1 atom stereocenters. The van der Waals surface area contributed by atoms with E-state index in [0.717, 1.165) is 31.6 Å². The molecule has 1 aliphatic heterocycles. The Labute approximate surface area is 133 Å². The number of amides is 1. The van der Waals surface area contributed by atoms with Gasteiger partial charge in [-0.15, -0.1) is 24.2 Å². The van der Waals surface area contributed by atoms with Crippen LogP contribution < -0.4 is 11.1 Å². The van der Waals surface area contributed by atoms with Crippen molar-refractivity contribution in [2.75, 3.05) is 24.7 Å². The van der Waals surface area contributed by atoms with Crippen molar-refractivity contribution in [2.45, 2.75) is 57.6 Å². The SMILES string of the molecule is CCC(CC)(CN)NC(=O)CSCC1CCCCO1.Cl. The van der Waals surface area contributed by atoms with E-state index >= 15 is 0 Å². The smallest absolute Gasteiger partial charge is 0.230 e. The normalized spacial score (nSPS) is 19.2. The molecule has 0 aliphatic carbocycles. The van der Waals surface area contributed by atoms with Gasteiger partial charge >= 0.3 is 0 Å². The molecule has 4 nitrogen and oxygen atoms in total. The third-order valence-electron chi connectivity index (χ3n) is 3.96. The molecule has 120 valence electrons. The lowest BCUT2D eigenvalue weighted by Crippen LogP contribution is -2.53. The van der Waals surface area contributed by atoms with Crippen LogP contribution in [0.1, 0.15) is 46.0 Å². The number of hydrogen-bond donors (Lipinski definition) is 2. The number of thioether (sulfide) groups is 1. The standard InChI is InChI=1S/C14H28N2O2S.ClH/c1-3-14(4-2,11-15)16-13(17)10-19-9-12-7-5-6-8-18-12;/h12H,3-11,15H2,1-2H3,(H,16,17);1H. The molecule has 1 rings (SSSR count). The first-order valence-corrected chi connectivity index (χ1v) is 8.51. The van der Waals surface area contributed by atoms with E-state index in [4.69, 9.17) is 10.5 Å². The Balaban J connectivity index is 0.00000361. The maximum Gasteiger partial charge on any atom is 0.230 e. The molecule has 1 saturated heterocycles. The van der Waals surface area contributed by atoms with Gasteiger partial charge in [-0.1, -0.05) is 13.8 Å². The molecule has 6 heteroatoms. The molecule has 0 spiro atoms. The van der Waals surface area contributed by atoms with Crippen LogP contribution in [0.2, 0.25) is 0 Å². The molecule has 0 radical (unpaired) electrons. The maximum absolute atomic E-state index is 11.9. The van der Waals surface area contributed by atoms with E-state index in [9.17, 15) is 4.79 Å². The van der Waals surface area contributed by atoms with Gasteiger partial charge in [-0.2, -0.15) is 0 Å². The second-order valence-electron chi connectivity index (χ2n) is 5.24. The number of nitrogens with two attached hydrogens (primary N) is 1. The lowest BCUT2D eigenvalue weighted by molar-refractivity contribution is -0.120. The Morgan fingerprint density at radius 3 is 2.60 bits per heavy atom. The molecule has 20 heavy (non-hydrogen) atoms. The van der Waals surface area contributed by atoms with E-state index in [1.807, 2.05) is 0 Å². The van der Waals surface area contributed by atoms with Gasteiger partial charge in [-0.3, -0.25) is 4.79 Å². The molecular weight excluding hydrogens is 296 g/mol. The molecule has 0 aromatic carbocycles. The van der Waals surface area contributed by atoms with Crippen LogP contribution in [0, 0.1) is 0 Å². The highest BCUT2D eigenvalue weighted by Gasteiger charge is 2.26. The second kappa shape index (κ2) is 10.7. The highest BCUT2D eigenvalue weighted by molar-refractivity contribution is 7.99. The van der Waals surface area contributed by atoms with Gasteiger partial charge in [0.05, 0.1) is 17.4 Å². The molecular formula is C14H29ClN2O2S. The molecule has 1 unspecified atom stereocenters. The number of ether oxygens (including phenoxy) is 1. The third kappa shape index (κ3) is 6.66. The zero-order valence-corrected chi connectivity index (χ0v) is 14.3. The Hall–Kier alpha value is 0.0300. The van der Waals surface area contributed by atoms with Crippen LogP contribution in [0.25, 0.3) is 0 Å². The summed E-state index contributed by atoms with van der Waals surface area (Å²) >= 11 is 1.66. The van der Waals surface area contributed by atoms with E-state index in [0.29, 0.717) is 18.4 Å². The van der Waals surface area contributed by atoms with Crippen molar-refractivity contribution in [3.8, 4) is 0 Å². The monoisotopic (exact) mass is 324 g/mol. The lowest BCUT2D eigenvalue weighted by atomic mass is 9.93. The molecule has 1 heterocycles. The Morgan fingerprint density at radius 2 is 2.10 bits per heavy atom. The van der Waals surface area contributed by atoms with Crippen LogP contribution in [0.4, 0.5) is 0 Å². The van der Waals surface area contributed by atoms with Crippen molar-refractivity contribution >= 4 is 30.1 Å². The molecule has 0 bridgehead atoms. The summed E-state index contributed by atoms with van der Waals surface area (Å²) in [5.41, 5.74) is 5.56. The Bertz CT molecular complexity index is 262. The van der Waals surface area contributed by atoms with Crippen molar-refractivity contribution < 1.29 is 9.53 Å². The number of carbonyl (C=O) groups is 1. The summed E-state index contributed by atoms with van der Waals surface area (Å²) in [4.78, 5) is 11.9. The summed E-state index contributed by atoms with van der Waals surface area (Å²) in [6, 6.07) is 0. The minimum atomic E-state index is -0.223. The van der Waals surface area contributed by atoms with Gasteiger partial charge in [0.25, 0.3) is 0 Å². The van der Waals surface area contributed by atoms with Crippen LogP contribution >= 0.6 is 24.2 Å². The quantitative estimate of drug-likeness (QED) is 0.719. The summed E-state index contributed by atoms with van der Waals surface area (Å²) < 4.78 is 5.65. The van der Waals surface area contributed by atoms with Crippen LogP contribution in [-0.2, 0) is 9.53 Å². The van der Waals surface area contributed by atoms with Gasteiger partial charge in [-0.25, -0.2) is 0 Å². The van der Waals surface area contributed by atoms with E-state index in [2.05, 4.69) is 19.2 Å². The molecule has 3 N–H and O–H groups in total. The zero-order valence-electron chi connectivity index (χ0n) is 12.7. The number of halogens is 1. The first kappa shape index (κ1) is 20.0. The van der Waals surface area contributed by atoms with Crippen molar-refractivity contribution in [2.24, 2.45) is 5.73 Å². The minimum absolute atomic E-state index is 0. The van der Waals surface area contributed by atoms with Crippen LogP contribution in [0.15, 0.2) is 0 Å². The zero-order chi connectivity index (χ0) is 14.1. The molecule has 0 saturated carbocycles. The van der Waals surface area contributed by atoms with E-state index in [-0.39, 0.29) is 23.9 Å². The molecule has 1 fully saturated rings. The largest absolute Gasteiger partial charge is 0.377 e. The van der Waals surface area contributed by atoms with Gasteiger partial charge in [0.15, 0.2) is 0 Å². The Morgan fingerprint density at radius 1 is 1.40 bits per heavy atom. The number of hydrogen-bond acceptors (Lipinski definition) is 4. The van der Waals surface area contributed by atoms with Crippen LogP contribution in [-0.4, -0.2) is 42.2 Å². The first-order valence-electron chi connectivity index (χ1n) is 7.36.